The maximum atomic E-state index is 13.1. The van der Waals surface area contributed by atoms with E-state index in [1.165, 1.54) is 6.33 Å². The van der Waals surface area contributed by atoms with Crippen LogP contribution in [0.4, 0.5) is 5.95 Å². The predicted octanol–water partition coefficient (Wildman–Crippen LogP) is 3.60. The van der Waals surface area contributed by atoms with Crippen molar-refractivity contribution in [2.45, 2.75) is 31.7 Å². The van der Waals surface area contributed by atoms with E-state index in [0.29, 0.717) is 12.4 Å². The van der Waals surface area contributed by atoms with Gasteiger partial charge in [0.25, 0.3) is 0 Å². The van der Waals surface area contributed by atoms with Gasteiger partial charge in [-0.1, -0.05) is 29.8 Å². The van der Waals surface area contributed by atoms with E-state index >= 15 is 0 Å². The molecule has 1 aromatic carbocycles. The number of anilines is 1. The Morgan fingerprint density at radius 3 is 2.96 bits per heavy atom. The van der Waals surface area contributed by atoms with Gasteiger partial charge in [-0.25, -0.2) is 4.68 Å². The molecule has 1 aliphatic carbocycles. The second-order valence-electron chi connectivity index (χ2n) is 6.91. The number of Topliss-reactive ketones (excluding diaryl/α,β-unsaturated/α-hetero) is 1. The van der Waals surface area contributed by atoms with Crippen LogP contribution < -0.4 is 5.32 Å². The Labute approximate surface area is 150 Å². The normalized spacial score (nSPS) is 22.0. The summed E-state index contributed by atoms with van der Waals surface area (Å²) in [4.78, 5) is 17.5. The molecular formula is C20H18N4O2. The molecule has 0 unspecified atom stereocenters. The van der Waals surface area contributed by atoms with Crippen molar-refractivity contribution in [2.24, 2.45) is 0 Å². The molecule has 0 saturated heterocycles. The molecule has 0 fully saturated rings. The highest BCUT2D eigenvalue weighted by atomic mass is 16.3. The van der Waals surface area contributed by atoms with Crippen molar-refractivity contribution < 1.29 is 9.21 Å². The van der Waals surface area contributed by atoms with E-state index in [2.05, 4.69) is 34.5 Å². The van der Waals surface area contributed by atoms with Gasteiger partial charge in [-0.05, 0) is 31.0 Å². The summed E-state index contributed by atoms with van der Waals surface area (Å²) in [6.45, 7) is 2.05. The number of fused-ring (bicyclic) bond motifs is 1. The molecule has 0 saturated carbocycles. The number of nitrogens with zero attached hydrogens (tertiary/aromatic N) is 3. The number of furan rings is 1. The van der Waals surface area contributed by atoms with E-state index in [1.54, 1.807) is 10.9 Å². The summed E-state index contributed by atoms with van der Waals surface area (Å²) in [6, 6.07) is 11.8. The fraction of sp³-hybridized carbons (Fsp3) is 0.250. The summed E-state index contributed by atoms with van der Waals surface area (Å²) in [5.74, 6) is 1.71. The number of nitrogens with one attached hydrogen (secondary N) is 1. The van der Waals surface area contributed by atoms with Crippen molar-refractivity contribution in [1.29, 1.82) is 0 Å². The SMILES string of the molecule is Cc1cccc([C@H]2C3=C(C[C@H](c4ccco4)CC3=O)Nc3ncnn32)c1. The molecule has 6 heteroatoms. The number of carbonyl (C=O) groups excluding carboxylic acids is 1. The van der Waals surface area contributed by atoms with E-state index < -0.39 is 0 Å². The number of carbonyl (C=O) groups is 1. The zero-order chi connectivity index (χ0) is 17.7. The van der Waals surface area contributed by atoms with Crippen molar-refractivity contribution in [2.75, 3.05) is 5.32 Å². The third-order valence-corrected chi connectivity index (χ3v) is 5.17. The zero-order valence-electron chi connectivity index (χ0n) is 14.3. The summed E-state index contributed by atoms with van der Waals surface area (Å²) in [5.41, 5.74) is 3.92. The summed E-state index contributed by atoms with van der Waals surface area (Å²) >= 11 is 0. The van der Waals surface area contributed by atoms with Gasteiger partial charge in [0.05, 0.1) is 6.26 Å². The molecule has 26 heavy (non-hydrogen) atoms. The molecule has 2 aliphatic rings. The van der Waals surface area contributed by atoms with Gasteiger partial charge >= 0.3 is 0 Å². The van der Waals surface area contributed by atoms with E-state index in [-0.39, 0.29) is 17.7 Å². The molecule has 2 aromatic heterocycles. The molecule has 6 nitrogen and oxygen atoms in total. The van der Waals surface area contributed by atoms with Crippen LogP contribution in [-0.2, 0) is 4.79 Å². The van der Waals surface area contributed by atoms with Crippen molar-refractivity contribution in [3.63, 3.8) is 0 Å². The van der Waals surface area contributed by atoms with Crippen LogP contribution in [0.2, 0.25) is 0 Å². The summed E-state index contributed by atoms with van der Waals surface area (Å²) in [5, 5.41) is 7.70. The summed E-state index contributed by atoms with van der Waals surface area (Å²) in [6.07, 6.45) is 4.35. The number of rotatable bonds is 2. The monoisotopic (exact) mass is 346 g/mol. The number of ketones is 1. The van der Waals surface area contributed by atoms with Crippen LogP contribution in [0.5, 0.6) is 0 Å². The van der Waals surface area contributed by atoms with Crippen molar-refractivity contribution in [3.05, 3.63) is 77.1 Å². The van der Waals surface area contributed by atoms with Gasteiger partial charge in [-0.2, -0.15) is 10.1 Å². The highest BCUT2D eigenvalue weighted by Crippen LogP contribution is 2.43. The van der Waals surface area contributed by atoms with Crippen molar-refractivity contribution in [1.82, 2.24) is 14.8 Å². The third-order valence-electron chi connectivity index (χ3n) is 5.17. The van der Waals surface area contributed by atoms with Crippen molar-refractivity contribution in [3.8, 4) is 0 Å². The fourth-order valence-corrected chi connectivity index (χ4v) is 4.03. The van der Waals surface area contributed by atoms with Crippen LogP contribution in [-0.4, -0.2) is 20.5 Å². The van der Waals surface area contributed by atoms with Crippen molar-refractivity contribution >= 4 is 11.7 Å². The van der Waals surface area contributed by atoms with E-state index in [1.807, 2.05) is 24.3 Å². The number of aromatic nitrogens is 3. The highest BCUT2D eigenvalue weighted by Gasteiger charge is 2.39. The highest BCUT2D eigenvalue weighted by molar-refractivity contribution is 6.00. The lowest BCUT2D eigenvalue weighted by Gasteiger charge is -2.34. The third kappa shape index (κ3) is 2.29. The lowest BCUT2D eigenvalue weighted by Crippen LogP contribution is -2.33. The van der Waals surface area contributed by atoms with Gasteiger partial charge in [-0.3, -0.25) is 4.79 Å². The van der Waals surface area contributed by atoms with Gasteiger partial charge in [0.15, 0.2) is 5.78 Å². The lowest BCUT2D eigenvalue weighted by atomic mass is 9.79. The van der Waals surface area contributed by atoms with Gasteiger partial charge in [0.1, 0.15) is 18.1 Å². The molecular weight excluding hydrogens is 328 g/mol. The number of hydrogen-bond acceptors (Lipinski definition) is 5. The van der Waals surface area contributed by atoms with Crippen LogP contribution in [0.3, 0.4) is 0 Å². The second-order valence-corrected chi connectivity index (χ2v) is 6.91. The Balaban J connectivity index is 1.63. The Bertz CT molecular complexity index is 1020. The minimum absolute atomic E-state index is 0.0522. The molecule has 1 N–H and O–H groups in total. The van der Waals surface area contributed by atoms with E-state index in [0.717, 1.165) is 34.6 Å². The van der Waals surface area contributed by atoms with E-state index in [9.17, 15) is 4.79 Å². The first-order valence-corrected chi connectivity index (χ1v) is 8.73. The predicted molar refractivity (Wildman–Crippen MR) is 95.7 cm³/mol. The first-order chi connectivity index (χ1) is 12.7. The van der Waals surface area contributed by atoms with Crippen LogP contribution >= 0.6 is 0 Å². The number of aryl methyl sites for hydroxylation is 1. The quantitative estimate of drug-likeness (QED) is 0.767. The lowest BCUT2D eigenvalue weighted by molar-refractivity contribution is -0.117. The second kappa shape index (κ2) is 5.69. The molecule has 3 aromatic rings. The average Bonchev–Trinajstić information content (AvgIpc) is 3.31. The van der Waals surface area contributed by atoms with Gasteiger partial charge in [0.2, 0.25) is 5.95 Å². The molecule has 2 atom stereocenters. The van der Waals surface area contributed by atoms with Crippen LogP contribution in [0.15, 0.2) is 64.7 Å². The standard InChI is InChI=1S/C20H18N4O2/c1-12-4-2-5-13(8-12)19-18-15(23-20-21-11-22-24(19)20)9-14(10-16(18)25)17-6-3-7-26-17/h2-8,11,14,19H,9-10H2,1H3,(H,21,22,23)/t14-,19-/m0/s1. The molecule has 0 radical (unpaired) electrons. The Morgan fingerprint density at radius 1 is 1.23 bits per heavy atom. The smallest absolute Gasteiger partial charge is 0.226 e. The topological polar surface area (TPSA) is 73.0 Å². The van der Waals surface area contributed by atoms with Crippen LogP contribution in [0.1, 0.15) is 41.7 Å². The molecule has 0 spiro atoms. The molecule has 0 bridgehead atoms. The largest absolute Gasteiger partial charge is 0.469 e. The first kappa shape index (κ1) is 15.1. The first-order valence-electron chi connectivity index (χ1n) is 8.73. The Morgan fingerprint density at radius 2 is 2.15 bits per heavy atom. The van der Waals surface area contributed by atoms with Crippen LogP contribution in [0, 0.1) is 6.92 Å². The molecule has 3 heterocycles. The van der Waals surface area contributed by atoms with Crippen LogP contribution in [0.25, 0.3) is 0 Å². The molecule has 1 aliphatic heterocycles. The zero-order valence-corrected chi connectivity index (χ0v) is 14.3. The maximum Gasteiger partial charge on any atom is 0.226 e. The fourth-order valence-electron chi connectivity index (χ4n) is 4.03. The molecule has 0 amide bonds. The van der Waals surface area contributed by atoms with Gasteiger partial charge in [-0.15, -0.1) is 0 Å². The number of hydrogen-bond donors (Lipinski definition) is 1. The Hall–Kier alpha value is -3.15. The van der Waals surface area contributed by atoms with Gasteiger partial charge < -0.3 is 9.73 Å². The van der Waals surface area contributed by atoms with Gasteiger partial charge in [0, 0.05) is 23.6 Å². The summed E-state index contributed by atoms with van der Waals surface area (Å²) in [7, 11) is 0. The number of allylic oxidation sites excluding steroid dienone is 2. The maximum absolute atomic E-state index is 13.1. The minimum atomic E-state index is -0.242. The average molecular weight is 346 g/mol. The molecule has 5 rings (SSSR count). The Kier molecular flexibility index (Phi) is 3.31. The summed E-state index contributed by atoms with van der Waals surface area (Å²) < 4.78 is 7.35. The van der Waals surface area contributed by atoms with E-state index in [4.69, 9.17) is 4.42 Å². The minimum Gasteiger partial charge on any atom is -0.469 e. The number of benzene rings is 1. The molecule has 130 valence electrons.